The first-order valence-corrected chi connectivity index (χ1v) is 7.15. The van der Waals surface area contributed by atoms with E-state index in [1.54, 1.807) is 0 Å². The minimum absolute atomic E-state index is 0.464. The quantitative estimate of drug-likeness (QED) is 0.740. The Hall–Kier alpha value is -1.88. The van der Waals surface area contributed by atoms with Gasteiger partial charge >= 0.3 is 0 Å². The zero-order valence-electron chi connectivity index (χ0n) is 11.6. The first kappa shape index (κ1) is 13.1. The van der Waals surface area contributed by atoms with Gasteiger partial charge in [-0.25, -0.2) is 9.97 Å². The third kappa shape index (κ3) is 1.98. The van der Waals surface area contributed by atoms with Crippen molar-refractivity contribution < 1.29 is 0 Å². The molecule has 3 aromatic rings. The molecule has 0 bridgehead atoms. The number of hydrogen-bond acceptors (Lipinski definition) is 3. The molecule has 0 saturated carbocycles. The molecule has 2 heterocycles. The van der Waals surface area contributed by atoms with Crippen LogP contribution in [0.3, 0.4) is 0 Å². The smallest absolute Gasteiger partial charge is 0.207 e. The van der Waals surface area contributed by atoms with Crippen LogP contribution in [0.25, 0.3) is 16.9 Å². The average Bonchev–Trinajstić information content (AvgIpc) is 2.65. The van der Waals surface area contributed by atoms with Gasteiger partial charge in [-0.2, -0.15) is 0 Å². The van der Waals surface area contributed by atoms with Crippen LogP contribution in [-0.2, 0) is 0 Å². The Morgan fingerprint density at radius 2 is 1.70 bits per heavy atom. The number of nitrogens with zero attached hydrogens (tertiary/aromatic N) is 3. The van der Waals surface area contributed by atoms with E-state index >= 15 is 0 Å². The van der Waals surface area contributed by atoms with E-state index in [2.05, 4.69) is 51.9 Å². The Labute approximate surface area is 125 Å². The standard InChI is InChI=1S/C15H15BrN4/c1-8-6-11(16)7-9(2)13(8)20-14-12(19-15(20)17)5-4-10(3)18-14/h4-7H,1-3H3,(H2,17,19). The molecule has 3 rings (SSSR count). The van der Waals surface area contributed by atoms with Crippen LogP contribution in [0.5, 0.6) is 0 Å². The van der Waals surface area contributed by atoms with Gasteiger partial charge in [0.25, 0.3) is 0 Å². The maximum Gasteiger partial charge on any atom is 0.207 e. The number of aryl methyl sites for hydroxylation is 3. The van der Waals surface area contributed by atoms with Gasteiger partial charge in [-0.05, 0) is 56.2 Å². The van der Waals surface area contributed by atoms with Crippen LogP contribution in [0.4, 0.5) is 5.95 Å². The van der Waals surface area contributed by atoms with Gasteiger partial charge < -0.3 is 5.73 Å². The summed E-state index contributed by atoms with van der Waals surface area (Å²) in [5.41, 5.74) is 12.0. The van der Waals surface area contributed by atoms with E-state index in [4.69, 9.17) is 5.73 Å². The van der Waals surface area contributed by atoms with Gasteiger partial charge in [0.15, 0.2) is 5.65 Å². The minimum atomic E-state index is 0.464. The van der Waals surface area contributed by atoms with E-state index in [1.807, 2.05) is 23.6 Å². The fourth-order valence-electron chi connectivity index (χ4n) is 2.55. The van der Waals surface area contributed by atoms with Crippen LogP contribution < -0.4 is 5.73 Å². The molecule has 0 unspecified atom stereocenters. The van der Waals surface area contributed by atoms with Gasteiger partial charge in [0, 0.05) is 10.2 Å². The van der Waals surface area contributed by atoms with Crippen LogP contribution in [0.1, 0.15) is 16.8 Å². The van der Waals surface area contributed by atoms with Gasteiger partial charge in [0.05, 0.1) is 5.69 Å². The lowest BCUT2D eigenvalue weighted by Gasteiger charge is -2.13. The van der Waals surface area contributed by atoms with Crippen molar-refractivity contribution in [2.75, 3.05) is 5.73 Å². The third-order valence-electron chi connectivity index (χ3n) is 3.35. The van der Waals surface area contributed by atoms with Crippen molar-refractivity contribution in [1.29, 1.82) is 0 Å². The summed E-state index contributed by atoms with van der Waals surface area (Å²) in [5, 5.41) is 0. The molecule has 1 aromatic carbocycles. The molecule has 0 atom stereocenters. The Morgan fingerprint density at radius 3 is 2.35 bits per heavy atom. The number of nitrogens with two attached hydrogens (primary N) is 1. The Bertz CT molecular complexity index is 797. The Balaban J connectivity index is 2.40. The molecule has 102 valence electrons. The number of rotatable bonds is 1. The first-order chi connectivity index (χ1) is 9.47. The van der Waals surface area contributed by atoms with E-state index in [0.29, 0.717) is 5.95 Å². The summed E-state index contributed by atoms with van der Waals surface area (Å²) in [7, 11) is 0. The Kier molecular flexibility index (Phi) is 3.01. The summed E-state index contributed by atoms with van der Waals surface area (Å²) in [5.74, 6) is 0.464. The van der Waals surface area contributed by atoms with Gasteiger partial charge in [-0.1, -0.05) is 15.9 Å². The molecule has 0 saturated heterocycles. The predicted octanol–water partition coefficient (Wildman–Crippen LogP) is 3.69. The molecule has 0 fully saturated rings. The first-order valence-electron chi connectivity index (χ1n) is 6.36. The van der Waals surface area contributed by atoms with E-state index in [9.17, 15) is 0 Å². The van der Waals surface area contributed by atoms with Crippen LogP contribution in [0.15, 0.2) is 28.7 Å². The SMILES string of the molecule is Cc1ccc2nc(N)n(-c3c(C)cc(Br)cc3C)c2n1. The van der Waals surface area contributed by atoms with Gasteiger partial charge in [-0.15, -0.1) is 0 Å². The summed E-state index contributed by atoms with van der Waals surface area (Å²) in [6, 6.07) is 8.04. The summed E-state index contributed by atoms with van der Waals surface area (Å²) in [6.07, 6.45) is 0. The van der Waals surface area contributed by atoms with Crippen molar-refractivity contribution in [2.45, 2.75) is 20.8 Å². The largest absolute Gasteiger partial charge is 0.369 e. The van der Waals surface area contributed by atoms with Crippen molar-refractivity contribution in [3.05, 3.63) is 45.6 Å². The van der Waals surface area contributed by atoms with Crippen LogP contribution in [0, 0.1) is 20.8 Å². The number of benzene rings is 1. The number of aromatic nitrogens is 3. The molecule has 2 aromatic heterocycles. The van der Waals surface area contributed by atoms with E-state index < -0.39 is 0 Å². The second-order valence-electron chi connectivity index (χ2n) is 4.99. The second kappa shape index (κ2) is 4.59. The molecule has 0 aliphatic heterocycles. The van der Waals surface area contributed by atoms with Gasteiger partial charge in [-0.3, -0.25) is 4.57 Å². The lowest BCUT2D eigenvalue weighted by Crippen LogP contribution is -2.05. The molecule has 4 nitrogen and oxygen atoms in total. The van der Waals surface area contributed by atoms with E-state index in [0.717, 1.165) is 38.1 Å². The van der Waals surface area contributed by atoms with Crippen LogP contribution >= 0.6 is 15.9 Å². The molecule has 20 heavy (non-hydrogen) atoms. The fourth-order valence-corrected chi connectivity index (χ4v) is 3.23. The highest BCUT2D eigenvalue weighted by Crippen LogP contribution is 2.29. The maximum absolute atomic E-state index is 6.11. The highest BCUT2D eigenvalue weighted by atomic mass is 79.9. The Morgan fingerprint density at radius 1 is 1.05 bits per heavy atom. The molecule has 0 aliphatic rings. The van der Waals surface area contributed by atoms with Crippen molar-refractivity contribution in [3.8, 4) is 5.69 Å². The average molecular weight is 331 g/mol. The summed E-state index contributed by atoms with van der Waals surface area (Å²) in [6.45, 7) is 6.09. The zero-order valence-corrected chi connectivity index (χ0v) is 13.2. The molecule has 2 N–H and O–H groups in total. The lowest BCUT2D eigenvalue weighted by atomic mass is 10.1. The highest BCUT2D eigenvalue weighted by Gasteiger charge is 2.15. The van der Waals surface area contributed by atoms with Crippen molar-refractivity contribution in [3.63, 3.8) is 0 Å². The van der Waals surface area contributed by atoms with Crippen molar-refractivity contribution in [1.82, 2.24) is 14.5 Å². The molecular weight excluding hydrogens is 316 g/mol. The molecule has 0 spiro atoms. The predicted molar refractivity (Wildman–Crippen MR) is 85.2 cm³/mol. The minimum Gasteiger partial charge on any atom is -0.369 e. The van der Waals surface area contributed by atoms with Crippen LogP contribution in [-0.4, -0.2) is 14.5 Å². The number of nitrogen functional groups attached to an aromatic ring is 1. The fraction of sp³-hybridized carbons (Fsp3) is 0.200. The number of anilines is 1. The topological polar surface area (TPSA) is 56.7 Å². The molecule has 0 radical (unpaired) electrons. The summed E-state index contributed by atoms with van der Waals surface area (Å²) < 4.78 is 2.99. The van der Waals surface area contributed by atoms with Crippen molar-refractivity contribution in [2.24, 2.45) is 0 Å². The number of halogens is 1. The number of fused-ring (bicyclic) bond motifs is 1. The lowest BCUT2D eigenvalue weighted by molar-refractivity contribution is 1.04. The van der Waals surface area contributed by atoms with E-state index in [-0.39, 0.29) is 0 Å². The number of imidazole rings is 1. The highest BCUT2D eigenvalue weighted by molar-refractivity contribution is 9.10. The van der Waals surface area contributed by atoms with Crippen LogP contribution in [0.2, 0.25) is 0 Å². The van der Waals surface area contributed by atoms with Gasteiger partial charge in [0.2, 0.25) is 5.95 Å². The molecule has 0 aliphatic carbocycles. The third-order valence-corrected chi connectivity index (χ3v) is 3.81. The summed E-state index contributed by atoms with van der Waals surface area (Å²) >= 11 is 3.52. The number of hydrogen-bond donors (Lipinski definition) is 1. The molecule has 5 heteroatoms. The van der Waals surface area contributed by atoms with Gasteiger partial charge in [0.1, 0.15) is 5.52 Å². The van der Waals surface area contributed by atoms with E-state index in [1.165, 1.54) is 0 Å². The summed E-state index contributed by atoms with van der Waals surface area (Å²) in [4.78, 5) is 8.99. The monoisotopic (exact) mass is 330 g/mol. The normalized spacial score (nSPS) is 11.2. The molecule has 0 amide bonds. The second-order valence-corrected chi connectivity index (χ2v) is 5.90. The molecular formula is C15H15BrN4. The number of pyridine rings is 1. The maximum atomic E-state index is 6.11. The zero-order chi connectivity index (χ0) is 14.4. The van der Waals surface area contributed by atoms with Crippen molar-refractivity contribution >= 4 is 33.0 Å².